The minimum absolute atomic E-state index is 0.0128. The highest BCUT2D eigenvalue weighted by Crippen LogP contribution is 2.19. The molecular formula is C22H24N2O4. The van der Waals surface area contributed by atoms with Crippen LogP contribution in [0, 0.1) is 0 Å². The molecule has 6 nitrogen and oxygen atoms in total. The number of rotatable bonds is 7. The van der Waals surface area contributed by atoms with Gasteiger partial charge in [0.05, 0.1) is 0 Å². The van der Waals surface area contributed by atoms with Crippen molar-refractivity contribution in [1.29, 1.82) is 0 Å². The van der Waals surface area contributed by atoms with Crippen molar-refractivity contribution in [3.8, 4) is 5.75 Å². The molecule has 0 fully saturated rings. The molecule has 1 amide bonds. The van der Waals surface area contributed by atoms with E-state index < -0.39 is 0 Å². The highest BCUT2D eigenvalue weighted by atomic mass is 16.5. The summed E-state index contributed by atoms with van der Waals surface area (Å²) in [5.74, 6) is 0.635. The summed E-state index contributed by atoms with van der Waals surface area (Å²) in [7, 11) is 3.48. The van der Waals surface area contributed by atoms with Crippen LogP contribution in [0.25, 0.3) is 11.0 Å². The zero-order chi connectivity index (χ0) is 20.1. The van der Waals surface area contributed by atoms with E-state index >= 15 is 0 Å². The SMILES string of the molecule is CC(COc1ccc2ccc(=O)oc2c1)NCc1cccc(C(=O)N(C)C)c1. The Morgan fingerprint density at radius 2 is 1.93 bits per heavy atom. The number of amides is 1. The summed E-state index contributed by atoms with van der Waals surface area (Å²) in [5, 5.41) is 4.24. The Morgan fingerprint density at radius 1 is 1.14 bits per heavy atom. The summed E-state index contributed by atoms with van der Waals surface area (Å²) in [6, 6.07) is 16.2. The molecule has 0 radical (unpaired) electrons. The summed E-state index contributed by atoms with van der Waals surface area (Å²) in [6.45, 7) is 3.11. The van der Waals surface area contributed by atoms with E-state index in [1.807, 2.05) is 43.3 Å². The molecule has 1 atom stereocenters. The Balaban J connectivity index is 1.55. The monoisotopic (exact) mass is 380 g/mol. The summed E-state index contributed by atoms with van der Waals surface area (Å²) in [4.78, 5) is 25.0. The van der Waals surface area contributed by atoms with Crippen LogP contribution in [0.3, 0.4) is 0 Å². The van der Waals surface area contributed by atoms with Crippen molar-refractivity contribution in [3.05, 3.63) is 76.1 Å². The Morgan fingerprint density at radius 3 is 2.71 bits per heavy atom. The fraction of sp³-hybridized carbons (Fsp3) is 0.273. The molecule has 1 heterocycles. The third-order valence-electron chi connectivity index (χ3n) is 4.33. The third kappa shape index (κ3) is 4.98. The predicted octanol–water partition coefficient (Wildman–Crippen LogP) is 3.05. The highest BCUT2D eigenvalue weighted by Gasteiger charge is 2.09. The van der Waals surface area contributed by atoms with Gasteiger partial charge in [0.15, 0.2) is 0 Å². The third-order valence-corrected chi connectivity index (χ3v) is 4.33. The molecule has 0 bridgehead atoms. The van der Waals surface area contributed by atoms with Gasteiger partial charge in [-0.25, -0.2) is 4.79 Å². The number of hydrogen-bond donors (Lipinski definition) is 1. The van der Waals surface area contributed by atoms with Crippen LogP contribution in [-0.2, 0) is 6.54 Å². The van der Waals surface area contributed by atoms with E-state index in [0.717, 1.165) is 10.9 Å². The lowest BCUT2D eigenvalue weighted by atomic mass is 10.1. The van der Waals surface area contributed by atoms with Crippen molar-refractivity contribution in [2.24, 2.45) is 0 Å². The molecule has 1 aromatic heterocycles. The van der Waals surface area contributed by atoms with Gasteiger partial charge in [0.2, 0.25) is 0 Å². The quantitative estimate of drug-likeness (QED) is 0.638. The Hall–Kier alpha value is -3.12. The van der Waals surface area contributed by atoms with Crippen LogP contribution in [0.2, 0.25) is 0 Å². The first kappa shape index (κ1) is 19.6. The Labute approximate surface area is 163 Å². The van der Waals surface area contributed by atoms with E-state index in [4.69, 9.17) is 9.15 Å². The van der Waals surface area contributed by atoms with Gasteiger partial charge in [-0.2, -0.15) is 0 Å². The Bertz CT molecular complexity index is 1030. The number of ether oxygens (including phenoxy) is 1. The zero-order valence-corrected chi connectivity index (χ0v) is 16.3. The maximum atomic E-state index is 12.1. The fourth-order valence-electron chi connectivity index (χ4n) is 2.78. The molecule has 0 saturated carbocycles. The van der Waals surface area contributed by atoms with Crippen LogP contribution in [0.4, 0.5) is 0 Å². The maximum Gasteiger partial charge on any atom is 0.336 e. The van der Waals surface area contributed by atoms with Crippen LogP contribution < -0.4 is 15.7 Å². The molecular weight excluding hydrogens is 356 g/mol. The van der Waals surface area contributed by atoms with Gasteiger partial charge in [0.1, 0.15) is 17.9 Å². The van der Waals surface area contributed by atoms with Crippen LogP contribution in [0.5, 0.6) is 5.75 Å². The summed E-state index contributed by atoms with van der Waals surface area (Å²) in [5.41, 5.74) is 1.83. The zero-order valence-electron chi connectivity index (χ0n) is 16.3. The molecule has 1 N–H and O–H groups in total. The van der Waals surface area contributed by atoms with Crippen molar-refractivity contribution < 1.29 is 13.9 Å². The van der Waals surface area contributed by atoms with Crippen molar-refractivity contribution in [1.82, 2.24) is 10.2 Å². The summed E-state index contributed by atoms with van der Waals surface area (Å²) >= 11 is 0. The van der Waals surface area contributed by atoms with Crippen LogP contribution in [0.15, 0.2) is 63.8 Å². The lowest BCUT2D eigenvalue weighted by Gasteiger charge is -2.16. The molecule has 1 unspecified atom stereocenters. The van der Waals surface area contributed by atoms with Gasteiger partial charge < -0.3 is 19.4 Å². The van der Waals surface area contributed by atoms with Crippen LogP contribution in [0.1, 0.15) is 22.8 Å². The number of nitrogens with zero attached hydrogens (tertiary/aromatic N) is 1. The molecule has 0 aliphatic heterocycles. The molecule has 3 rings (SSSR count). The minimum atomic E-state index is -0.380. The molecule has 2 aromatic carbocycles. The number of carbonyl (C=O) groups excluding carboxylic acids is 1. The second-order valence-electron chi connectivity index (χ2n) is 6.95. The first-order valence-electron chi connectivity index (χ1n) is 9.13. The largest absolute Gasteiger partial charge is 0.492 e. The normalized spacial score (nSPS) is 12.0. The van der Waals surface area contributed by atoms with Gasteiger partial charge in [0.25, 0.3) is 5.91 Å². The molecule has 146 valence electrons. The van der Waals surface area contributed by atoms with Crippen LogP contribution in [-0.4, -0.2) is 37.6 Å². The number of fused-ring (bicyclic) bond motifs is 1. The van der Waals surface area contributed by atoms with E-state index in [-0.39, 0.29) is 17.6 Å². The molecule has 28 heavy (non-hydrogen) atoms. The first-order valence-corrected chi connectivity index (χ1v) is 9.13. The first-order chi connectivity index (χ1) is 13.4. The van der Waals surface area contributed by atoms with Gasteiger partial charge in [-0.15, -0.1) is 0 Å². The van der Waals surface area contributed by atoms with Gasteiger partial charge in [0, 0.05) is 49.8 Å². The smallest absolute Gasteiger partial charge is 0.336 e. The average Bonchev–Trinajstić information content (AvgIpc) is 2.69. The Kier molecular flexibility index (Phi) is 6.11. The topological polar surface area (TPSA) is 71.8 Å². The van der Waals surface area contributed by atoms with E-state index in [1.165, 1.54) is 6.07 Å². The molecule has 3 aromatic rings. The van der Waals surface area contributed by atoms with Crippen molar-refractivity contribution >= 4 is 16.9 Å². The second-order valence-corrected chi connectivity index (χ2v) is 6.95. The van der Waals surface area contributed by atoms with Crippen molar-refractivity contribution in [2.75, 3.05) is 20.7 Å². The van der Waals surface area contributed by atoms with Gasteiger partial charge in [-0.3, -0.25) is 4.79 Å². The van der Waals surface area contributed by atoms with Crippen molar-refractivity contribution in [2.45, 2.75) is 19.5 Å². The van der Waals surface area contributed by atoms with E-state index in [0.29, 0.717) is 30.0 Å². The number of hydrogen-bond acceptors (Lipinski definition) is 5. The fourth-order valence-corrected chi connectivity index (χ4v) is 2.78. The number of nitrogens with one attached hydrogen (secondary N) is 1. The molecule has 0 saturated heterocycles. The van der Waals surface area contributed by atoms with E-state index in [2.05, 4.69) is 5.32 Å². The lowest BCUT2D eigenvalue weighted by Crippen LogP contribution is -2.31. The van der Waals surface area contributed by atoms with Gasteiger partial charge in [-0.05, 0) is 42.8 Å². The van der Waals surface area contributed by atoms with E-state index in [1.54, 1.807) is 31.1 Å². The molecule has 0 aliphatic rings. The highest BCUT2D eigenvalue weighted by molar-refractivity contribution is 5.94. The minimum Gasteiger partial charge on any atom is -0.492 e. The second kappa shape index (κ2) is 8.71. The maximum absolute atomic E-state index is 12.1. The summed E-state index contributed by atoms with van der Waals surface area (Å²) < 4.78 is 11.0. The molecule has 0 aliphatic carbocycles. The van der Waals surface area contributed by atoms with Gasteiger partial charge in [-0.1, -0.05) is 12.1 Å². The average molecular weight is 380 g/mol. The standard InChI is InChI=1S/C22H24N2O4/c1-15(23-13-16-5-4-6-18(11-16)22(26)24(2)3)14-27-19-9-7-17-8-10-21(25)28-20(17)12-19/h4-12,15,23H,13-14H2,1-3H3. The number of carbonyl (C=O) groups is 1. The number of benzene rings is 2. The summed E-state index contributed by atoms with van der Waals surface area (Å²) in [6.07, 6.45) is 0. The molecule has 6 heteroatoms. The van der Waals surface area contributed by atoms with Gasteiger partial charge >= 0.3 is 5.63 Å². The van der Waals surface area contributed by atoms with Crippen molar-refractivity contribution in [3.63, 3.8) is 0 Å². The van der Waals surface area contributed by atoms with Crippen LogP contribution >= 0.6 is 0 Å². The predicted molar refractivity (Wildman–Crippen MR) is 109 cm³/mol. The molecule has 0 spiro atoms. The lowest BCUT2D eigenvalue weighted by molar-refractivity contribution is 0.0827. The van der Waals surface area contributed by atoms with E-state index in [9.17, 15) is 9.59 Å².